The number of likely N-dealkylation sites (N-methyl/N-ethyl adjacent to an activating group) is 1. The molecule has 2 amide bonds. The van der Waals surface area contributed by atoms with Gasteiger partial charge in [-0.15, -0.1) is 11.3 Å². The Kier molecular flexibility index (Phi) is 15.6. The number of amides is 2. The summed E-state index contributed by atoms with van der Waals surface area (Å²) in [5.41, 5.74) is -0.127. The van der Waals surface area contributed by atoms with Crippen molar-refractivity contribution in [2.24, 2.45) is 11.8 Å². The lowest BCUT2D eigenvalue weighted by molar-refractivity contribution is -0.153. The van der Waals surface area contributed by atoms with Gasteiger partial charge in [0, 0.05) is 31.4 Å². The number of thiazole rings is 1. The Balaban J connectivity index is 2.43. The predicted octanol–water partition coefficient (Wildman–Crippen LogP) is 4.87. The second kappa shape index (κ2) is 18.3. The summed E-state index contributed by atoms with van der Waals surface area (Å²) in [6, 6.07) is -1.51. The van der Waals surface area contributed by atoms with Gasteiger partial charge in [0.05, 0.1) is 6.04 Å². The first kappa shape index (κ1) is 36.6. The summed E-state index contributed by atoms with van der Waals surface area (Å²) in [6.45, 7) is 12.6. The fourth-order valence-corrected chi connectivity index (χ4v) is 6.20. The van der Waals surface area contributed by atoms with E-state index in [1.165, 1.54) is 12.3 Å². The molecule has 1 fully saturated rings. The Bertz CT molecular complexity index is 1050. The highest BCUT2D eigenvalue weighted by molar-refractivity contribution is 7.09. The summed E-state index contributed by atoms with van der Waals surface area (Å²) in [5.74, 6) is -2.32. The van der Waals surface area contributed by atoms with E-state index in [9.17, 15) is 24.3 Å². The van der Waals surface area contributed by atoms with E-state index in [2.05, 4.69) is 17.2 Å². The number of rotatable bonds is 18. The number of aromatic carboxylic acids is 1. The number of carboxylic acid groups (broad SMARTS) is 1. The van der Waals surface area contributed by atoms with Crippen molar-refractivity contribution in [3.8, 4) is 0 Å². The minimum absolute atomic E-state index is 0.0164. The minimum atomic E-state index is -1.17. The van der Waals surface area contributed by atoms with Crippen molar-refractivity contribution in [1.29, 1.82) is 0 Å². The first-order chi connectivity index (χ1) is 20.4. The molecule has 0 bridgehead atoms. The average molecular weight is 625 g/mol. The molecule has 1 aromatic heterocycles. The third kappa shape index (κ3) is 11.1. The molecule has 2 heterocycles. The molecule has 1 unspecified atom stereocenters. The Morgan fingerprint density at radius 3 is 2.47 bits per heavy atom. The number of piperidine rings is 1. The van der Waals surface area contributed by atoms with E-state index in [4.69, 9.17) is 9.47 Å². The average Bonchev–Trinajstić information content (AvgIpc) is 3.46. The van der Waals surface area contributed by atoms with Gasteiger partial charge in [-0.1, -0.05) is 60.3 Å². The van der Waals surface area contributed by atoms with Crippen molar-refractivity contribution in [2.75, 3.05) is 26.9 Å². The summed E-state index contributed by atoms with van der Waals surface area (Å²) in [6.07, 6.45) is 5.68. The van der Waals surface area contributed by atoms with Gasteiger partial charge in [-0.25, -0.2) is 9.78 Å². The lowest BCUT2D eigenvalue weighted by Crippen LogP contribution is -2.59. The van der Waals surface area contributed by atoms with Crippen LogP contribution in [0.3, 0.4) is 0 Å². The molecule has 0 aromatic carbocycles. The fraction of sp³-hybridized carbons (Fsp3) is 0.774. The highest BCUT2D eigenvalue weighted by atomic mass is 32.1. The van der Waals surface area contributed by atoms with Crippen LogP contribution in [0.2, 0.25) is 0 Å². The van der Waals surface area contributed by atoms with E-state index < -0.39 is 30.1 Å². The number of unbranched alkanes of at least 4 members (excludes halogenated alkanes) is 2. The van der Waals surface area contributed by atoms with Crippen LogP contribution in [0.1, 0.15) is 115 Å². The molecule has 5 atom stereocenters. The Hall–Kier alpha value is -2.57. The highest BCUT2D eigenvalue weighted by Gasteiger charge is 2.39. The molecule has 1 aromatic rings. The zero-order valence-electron chi connectivity index (χ0n) is 27.0. The molecule has 0 aliphatic carbocycles. The number of carbonyl (C=O) groups is 4. The number of nitrogens with one attached hydrogen (secondary N) is 1. The van der Waals surface area contributed by atoms with E-state index in [0.29, 0.717) is 18.0 Å². The summed E-state index contributed by atoms with van der Waals surface area (Å²) in [5, 5.41) is 14.3. The summed E-state index contributed by atoms with van der Waals surface area (Å²) in [7, 11) is 1.94. The standard InChI is InChI=1S/C31H52N4O7S/c1-8-10-13-16-41-19-35(30(38)27(21(5)9-2)33-28(37)24-14-11-12-15-34(24)7)25(20(3)4)17-26(42-22(6)36)29-32-23(18-43-29)31(39)40/h18,20-21,24-27H,8-17,19H2,1-7H3,(H,33,37)(H,39,40)/t21?,24-,25-,26-,27+/m1/s1. The maximum atomic E-state index is 14.5. The number of nitrogens with zero attached hydrogens (tertiary/aromatic N) is 3. The van der Waals surface area contributed by atoms with Gasteiger partial charge >= 0.3 is 11.9 Å². The van der Waals surface area contributed by atoms with Crippen LogP contribution in [-0.4, -0.2) is 88.7 Å². The van der Waals surface area contributed by atoms with Crippen LogP contribution in [0.15, 0.2) is 5.38 Å². The van der Waals surface area contributed by atoms with E-state index >= 15 is 0 Å². The summed E-state index contributed by atoms with van der Waals surface area (Å²) < 4.78 is 11.7. The van der Waals surface area contributed by atoms with Gasteiger partial charge in [-0.3, -0.25) is 19.3 Å². The van der Waals surface area contributed by atoms with Crippen molar-refractivity contribution in [1.82, 2.24) is 20.1 Å². The van der Waals surface area contributed by atoms with Crippen molar-refractivity contribution in [2.45, 2.75) is 117 Å². The van der Waals surface area contributed by atoms with Crippen LogP contribution in [0.5, 0.6) is 0 Å². The Morgan fingerprint density at radius 2 is 1.91 bits per heavy atom. The van der Waals surface area contributed by atoms with Crippen molar-refractivity contribution in [3.05, 3.63) is 16.1 Å². The molecule has 1 saturated heterocycles. The van der Waals surface area contributed by atoms with Gasteiger partial charge < -0.3 is 24.8 Å². The topological polar surface area (TPSA) is 138 Å². The molecule has 0 spiro atoms. The van der Waals surface area contributed by atoms with E-state index in [1.54, 1.807) is 4.90 Å². The quantitative estimate of drug-likeness (QED) is 0.133. The van der Waals surface area contributed by atoms with Gasteiger partial charge in [0.2, 0.25) is 11.8 Å². The monoisotopic (exact) mass is 624 g/mol. The SMILES string of the molecule is CCCCCOCN(C(=O)[C@@H](NC(=O)[C@H]1CCCCN1C)C(C)CC)[C@H](C[C@@H](OC(C)=O)c1nc(C(=O)O)cs1)C(C)C. The largest absolute Gasteiger partial charge is 0.476 e. The van der Waals surface area contributed by atoms with Crippen LogP contribution in [0.25, 0.3) is 0 Å². The summed E-state index contributed by atoms with van der Waals surface area (Å²) in [4.78, 5) is 59.5. The number of carboxylic acids is 1. The smallest absolute Gasteiger partial charge is 0.355 e. The number of likely N-dealkylation sites (tertiary alicyclic amines) is 1. The Morgan fingerprint density at radius 1 is 1.19 bits per heavy atom. The molecule has 11 nitrogen and oxygen atoms in total. The molecule has 2 N–H and O–H groups in total. The van der Waals surface area contributed by atoms with Crippen LogP contribution in [-0.2, 0) is 23.9 Å². The number of ether oxygens (including phenoxy) is 2. The molecular formula is C31H52N4O7S. The summed E-state index contributed by atoms with van der Waals surface area (Å²) >= 11 is 1.10. The third-order valence-electron chi connectivity index (χ3n) is 8.21. The van der Waals surface area contributed by atoms with Gasteiger partial charge in [0.25, 0.3) is 0 Å². The second-order valence-electron chi connectivity index (χ2n) is 11.9. The van der Waals surface area contributed by atoms with Crippen LogP contribution in [0, 0.1) is 11.8 Å². The maximum Gasteiger partial charge on any atom is 0.355 e. The van der Waals surface area contributed by atoms with Crippen LogP contribution < -0.4 is 5.32 Å². The lowest BCUT2D eigenvalue weighted by Gasteiger charge is -2.40. The number of aromatic nitrogens is 1. The van der Waals surface area contributed by atoms with E-state index in [0.717, 1.165) is 56.4 Å². The zero-order valence-corrected chi connectivity index (χ0v) is 27.8. The van der Waals surface area contributed by atoms with Gasteiger partial charge in [-0.05, 0) is 44.7 Å². The number of carbonyl (C=O) groups excluding carboxylic acids is 3. The minimum Gasteiger partial charge on any atom is -0.476 e. The fourth-order valence-electron chi connectivity index (χ4n) is 5.37. The molecule has 2 rings (SSSR count). The van der Waals surface area contributed by atoms with Gasteiger partial charge in [0.15, 0.2) is 11.8 Å². The van der Waals surface area contributed by atoms with Gasteiger partial charge in [-0.2, -0.15) is 0 Å². The van der Waals surface area contributed by atoms with Crippen molar-refractivity contribution >= 4 is 35.1 Å². The number of esters is 1. The zero-order chi connectivity index (χ0) is 32.1. The van der Waals surface area contributed by atoms with E-state index in [-0.39, 0.29) is 48.5 Å². The molecule has 43 heavy (non-hydrogen) atoms. The molecule has 0 saturated carbocycles. The molecule has 1 aliphatic heterocycles. The molecular weight excluding hydrogens is 572 g/mol. The van der Waals surface area contributed by atoms with E-state index in [1.807, 2.05) is 39.6 Å². The number of hydrogen-bond donors (Lipinski definition) is 2. The van der Waals surface area contributed by atoms with Gasteiger partial charge in [0.1, 0.15) is 17.8 Å². The van der Waals surface area contributed by atoms with Crippen molar-refractivity contribution < 1.29 is 33.8 Å². The third-order valence-corrected chi connectivity index (χ3v) is 9.14. The molecule has 244 valence electrons. The normalized spacial score (nSPS) is 18.5. The van der Waals surface area contributed by atoms with Crippen LogP contribution in [0.4, 0.5) is 0 Å². The lowest BCUT2D eigenvalue weighted by atomic mass is 9.92. The predicted molar refractivity (Wildman–Crippen MR) is 166 cm³/mol. The molecule has 12 heteroatoms. The first-order valence-corrected chi connectivity index (χ1v) is 16.5. The van der Waals surface area contributed by atoms with Crippen LogP contribution >= 0.6 is 11.3 Å². The second-order valence-corrected chi connectivity index (χ2v) is 12.8. The van der Waals surface area contributed by atoms with Crippen molar-refractivity contribution in [3.63, 3.8) is 0 Å². The molecule has 1 aliphatic rings. The maximum absolute atomic E-state index is 14.5. The first-order valence-electron chi connectivity index (χ1n) is 15.7. The molecule has 0 radical (unpaired) electrons. The number of hydrogen-bond acceptors (Lipinski definition) is 9. The Labute approximate surface area is 260 Å². The highest BCUT2D eigenvalue weighted by Crippen LogP contribution is 2.31.